The minimum Gasteiger partial charge on any atom is -0.463 e. The number of benzene rings is 3. The van der Waals surface area contributed by atoms with Gasteiger partial charge in [0.05, 0.1) is 28.5 Å². The first-order valence-electron chi connectivity index (χ1n) is 12.8. The standard InChI is InChI=1S/C31H27N3O3S/c1-4-33-18-21(23-14-8-9-16-25(23)33)17-26-29(35)34-28(24-15-10-12-20-11-6-7-13-22(20)24)27(30(36)37-5-2)19(3)32-31(34)38-26/h6-18,28H,4-5H2,1-3H3/b26-17+/t28-/m1/s1. The summed E-state index contributed by atoms with van der Waals surface area (Å²) in [6.45, 7) is 6.77. The fourth-order valence-corrected chi connectivity index (χ4v) is 6.41. The molecule has 0 saturated carbocycles. The maximum absolute atomic E-state index is 14.1. The van der Waals surface area contributed by atoms with Crippen LogP contribution in [0.15, 0.2) is 94.0 Å². The van der Waals surface area contributed by atoms with Gasteiger partial charge in [-0.05, 0) is 49.2 Å². The molecule has 0 fully saturated rings. The number of rotatable bonds is 5. The molecule has 1 atom stereocenters. The Hall–Kier alpha value is -4.23. The lowest BCUT2D eigenvalue weighted by Gasteiger charge is -2.25. The second-order valence-corrected chi connectivity index (χ2v) is 10.3. The molecule has 0 spiro atoms. The molecular formula is C31H27N3O3S. The van der Waals surface area contributed by atoms with Gasteiger partial charge in [0, 0.05) is 29.2 Å². The zero-order valence-electron chi connectivity index (χ0n) is 21.5. The number of carbonyl (C=O) groups excluding carboxylic acids is 1. The van der Waals surface area contributed by atoms with E-state index in [4.69, 9.17) is 9.73 Å². The predicted molar refractivity (Wildman–Crippen MR) is 152 cm³/mol. The molecular weight excluding hydrogens is 494 g/mol. The minimum atomic E-state index is -0.643. The molecule has 0 amide bonds. The number of aromatic nitrogens is 2. The third-order valence-electron chi connectivity index (χ3n) is 7.08. The van der Waals surface area contributed by atoms with Crippen LogP contribution in [0.1, 0.15) is 37.9 Å². The predicted octanol–water partition coefficient (Wildman–Crippen LogP) is 4.93. The Bertz CT molecular complexity index is 1940. The van der Waals surface area contributed by atoms with E-state index in [0.717, 1.165) is 39.3 Å². The van der Waals surface area contributed by atoms with Crippen molar-refractivity contribution in [2.75, 3.05) is 6.61 Å². The highest BCUT2D eigenvalue weighted by molar-refractivity contribution is 7.07. The average Bonchev–Trinajstić information content (AvgIpc) is 3.44. The van der Waals surface area contributed by atoms with Gasteiger partial charge < -0.3 is 9.30 Å². The van der Waals surface area contributed by atoms with Gasteiger partial charge in [-0.3, -0.25) is 9.36 Å². The van der Waals surface area contributed by atoms with Crippen LogP contribution >= 0.6 is 11.3 Å². The molecule has 1 aliphatic heterocycles. The normalized spacial score (nSPS) is 15.7. The van der Waals surface area contributed by atoms with Crippen LogP contribution in [0, 0.1) is 0 Å². The van der Waals surface area contributed by atoms with Gasteiger partial charge >= 0.3 is 5.97 Å². The number of ether oxygens (including phenoxy) is 1. The van der Waals surface area contributed by atoms with Crippen LogP contribution in [0.4, 0.5) is 0 Å². The zero-order chi connectivity index (χ0) is 26.4. The first-order chi connectivity index (χ1) is 18.5. The molecule has 2 aromatic heterocycles. The highest BCUT2D eigenvalue weighted by Crippen LogP contribution is 2.34. The fraction of sp³-hybridized carbons (Fsp3) is 0.194. The third-order valence-corrected chi connectivity index (χ3v) is 8.06. The van der Waals surface area contributed by atoms with Crippen LogP contribution in [-0.2, 0) is 16.1 Å². The Morgan fingerprint density at radius 3 is 2.55 bits per heavy atom. The minimum absolute atomic E-state index is 0.172. The van der Waals surface area contributed by atoms with Gasteiger partial charge in [0.1, 0.15) is 0 Å². The summed E-state index contributed by atoms with van der Waals surface area (Å²) in [5.41, 5.74) is 3.77. The molecule has 0 bridgehead atoms. The highest BCUT2D eigenvalue weighted by atomic mass is 32.1. The van der Waals surface area contributed by atoms with Crippen LogP contribution in [0.25, 0.3) is 27.8 Å². The molecule has 5 aromatic rings. The van der Waals surface area contributed by atoms with Crippen molar-refractivity contribution in [1.29, 1.82) is 0 Å². The molecule has 0 unspecified atom stereocenters. The van der Waals surface area contributed by atoms with Crippen molar-refractivity contribution in [3.63, 3.8) is 0 Å². The molecule has 6 rings (SSSR count). The number of esters is 1. The summed E-state index contributed by atoms with van der Waals surface area (Å²) < 4.78 is 9.88. The third kappa shape index (κ3) is 3.82. The SMILES string of the molecule is CCOC(=O)C1=C(C)N=c2s/c(=C/c3cn(CC)c4ccccc34)c(=O)n2[C@@H]1c1cccc2ccccc12. The van der Waals surface area contributed by atoms with E-state index in [9.17, 15) is 9.59 Å². The molecule has 1 aliphatic rings. The number of aryl methyl sites for hydroxylation is 1. The van der Waals surface area contributed by atoms with Gasteiger partial charge in [-0.2, -0.15) is 0 Å². The zero-order valence-corrected chi connectivity index (χ0v) is 22.3. The molecule has 38 heavy (non-hydrogen) atoms. The van der Waals surface area contributed by atoms with E-state index < -0.39 is 12.0 Å². The quantitative estimate of drug-likeness (QED) is 0.308. The van der Waals surface area contributed by atoms with E-state index in [1.165, 1.54) is 11.3 Å². The lowest BCUT2D eigenvalue weighted by molar-refractivity contribution is -0.139. The summed E-state index contributed by atoms with van der Waals surface area (Å²) in [4.78, 5) is 32.7. The number of fused-ring (bicyclic) bond motifs is 3. The molecule has 0 saturated heterocycles. The Morgan fingerprint density at radius 1 is 1.03 bits per heavy atom. The molecule has 3 aromatic carbocycles. The second-order valence-electron chi connectivity index (χ2n) is 9.26. The summed E-state index contributed by atoms with van der Waals surface area (Å²) in [5.74, 6) is -0.452. The van der Waals surface area contributed by atoms with E-state index in [-0.39, 0.29) is 12.2 Å². The van der Waals surface area contributed by atoms with Crippen molar-refractivity contribution in [2.24, 2.45) is 4.99 Å². The van der Waals surface area contributed by atoms with E-state index in [1.807, 2.05) is 67.6 Å². The number of thiazole rings is 1. The highest BCUT2D eigenvalue weighted by Gasteiger charge is 2.34. The van der Waals surface area contributed by atoms with Crippen molar-refractivity contribution in [3.05, 3.63) is 115 Å². The van der Waals surface area contributed by atoms with Crippen molar-refractivity contribution < 1.29 is 9.53 Å². The van der Waals surface area contributed by atoms with Gasteiger partial charge in [-0.15, -0.1) is 0 Å². The van der Waals surface area contributed by atoms with E-state index in [1.54, 1.807) is 11.5 Å². The lowest BCUT2D eigenvalue weighted by atomic mass is 9.91. The van der Waals surface area contributed by atoms with Gasteiger partial charge in [0.15, 0.2) is 4.80 Å². The molecule has 0 aliphatic carbocycles. The number of hydrogen-bond donors (Lipinski definition) is 0. The van der Waals surface area contributed by atoms with Crippen molar-refractivity contribution >= 4 is 45.1 Å². The van der Waals surface area contributed by atoms with E-state index in [2.05, 4.69) is 29.8 Å². The Labute approximate surface area is 223 Å². The molecule has 3 heterocycles. The first kappa shape index (κ1) is 24.1. The Kier molecular flexibility index (Phi) is 6.08. The summed E-state index contributed by atoms with van der Waals surface area (Å²) in [6, 6.07) is 21.6. The van der Waals surface area contributed by atoms with Gasteiger partial charge in [-0.1, -0.05) is 72.0 Å². The smallest absolute Gasteiger partial charge is 0.338 e. The van der Waals surface area contributed by atoms with Crippen LogP contribution < -0.4 is 14.9 Å². The molecule has 190 valence electrons. The molecule has 7 heteroatoms. The van der Waals surface area contributed by atoms with Gasteiger partial charge in [0.2, 0.25) is 0 Å². The summed E-state index contributed by atoms with van der Waals surface area (Å²) in [6.07, 6.45) is 4.03. The number of nitrogens with zero attached hydrogens (tertiary/aromatic N) is 3. The molecule has 6 nitrogen and oxygen atoms in total. The maximum atomic E-state index is 14.1. The summed E-state index contributed by atoms with van der Waals surface area (Å²) in [7, 11) is 0. The molecule has 0 N–H and O–H groups in total. The van der Waals surface area contributed by atoms with Crippen molar-refractivity contribution in [1.82, 2.24) is 9.13 Å². The van der Waals surface area contributed by atoms with Crippen molar-refractivity contribution in [2.45, 2.75) is 33.4 Å². The molecule has 0 radical (unpaired) electrons. The summed E-state index contributed by atoms with van der Waals surface area (Å²) in [5, 5.41) is 3.11. The van der Waals surface area contributed by atoms with Crippen LogP contribution in [0.3, 0.4) is 0 Å². The van der Waals surface area contributed by atoms with Crippen LogP contribution in [0.5, 0.6) is 0 Å². The first-order valence-corrected chi connectivity index (χ1v) is 13.6. The van der Waals surface area contributed by atoms with Crippen LogP contribution in [-0.4, -0.2) is 21.7 Å². The van der Waals surface area contributed by atoms with Crippen LogP contribution in [0.2, 0.25) is 0 Å². The second kappa shape index (κ2) is 9.58. The fourth-order valence-electron chi connectivity index (χ4n) is 5.37. The monoisotopic (exact) mass is 521 g/mol. The average molecular weight is 522 g/mol. The Morgan fingerprint density at radius 2 is 1.76 bits per heavy atom. The largest absolute Gasteiger partial charge is 0.463 e. The van der Waals surface area contributed by atoms with E-state index in [0.29, 0.717) is 20.6 Å². The maximum Gasteiger partial charge on any atom is 0.338 e. The number of carbonyl (C=O) groups is 1. The van der Waals surface area contributed by atoms with Gasteiger partial charge in [-0.25, -0.2) is 9.79 Å². The van der Waals surface area contributed by atoms with E-state index >= 15 is 0 Å². The lowest BCUT2D eigenvalue weighted by Crippen LogP contribution is -2.40. The number of allylic oxidation sites excluding steroid dienone is 1. The Balaban J connectivity index is 1.63. The van der Waals surface area contributed by atoms with Gasteiger partial charge in [0.25, 0.3) is 5.56 Å². The van der Waals surface area contributed by atoms with Crippen molar-refractivity contribution in [3.8, 4) is 0 Å². The number of para-hydroxylation sites is 1. The topological polar surface area (TPSA) is 65.6 Å². The summed E-state index contributed by atoms with van der Waals surface area (Å²) >= 11 is 1.35. The number of hydrogen-bond acceptors (Lipinski definition) is 5.